The molecule has 0 bridgehead atoms. The maximum absolute atomic E-state index is 4.54. The summed E-state index contributed by atoms with van der Waals surface area (Å²) < 4.78 is 0. The van der Waals surface area contributed by atoms with Gasteiger partial charge in [-0.25, -0.2) is 0 Å². The van der Waals surface area contributed by atoms with Crippen molar-refractivity contribution in [2.75, 3.05) is 0 Å². The summed E-state index contributed by atoms with van der Waals surface area (Å²) in [5.74, 6) is 3.17. The molecule has 0 aromatic heterocycles. The third-order valence-electron chi connectivity index (χ3n) is 7.08. The normalized spacial score (nSPS) is 15.6. The molecule has 0 radical (unpaired) electrons. The molecule has 0 saturated heterocycles. The van der Waals surface area contributed by atoms with E-state index in [1.807, 2.05) is 0 Å². The molecule has 0 aromatic rings. The quantitative estimate of drug-likeness (QED) is 0.132. The number of hydrogen-bond donors (Lipinski definition) is 0. The summed E-state index contributed by atoms with van der Waals surface area (Å²) >= 11 is 0. The molecule has 0 heteroatoms. The average Bonchev–Trinajstić information content (AvgIpc) is 2.72. The highest BCUT2D eigenvalue weighted by molar-refractivity contribution is 5.01. The largest absolute Gasteiger partial charge is 0.103 e. The van der Waals surface area contributed by atoms with E-state index in [0.29, 0.717) is 5.92 Å². The Hall–Kier alpha value is -0.520. The van der Waals surface area contributed by atoms with E-state index in [4.69, 9.17) is 0 Å². The van der Waals surface area contributed by atoms with E-state index >= 15 is 0 Å². The van der Waals surface area contributed by atoms with Crippen molar-refractivity contribution in [3.05, 3.63) is 24.8 Å². The molecule has 0 fully saturated rings. The molecule has 0 aromatic carbocycles. The van der Waals surface area contributed by atoms with E-state index in [0.717, 1.165) is 17.8 Å². The van der Waals surface area contributed by atoms with E-state index in [-0.39, 0.29) is 0 Å². The van der Waals surface area contributed by atoms with Crippen LogP contribution in [0.25, 0.3) is 0 Å². The van der Waals surface area contributed by atoms with Gasteiger partial charge in [-0.05, 0) is 55.8 Å². The highest BCUT2D eigenvalue weighted by Crippen LogP contribution is 2.39. The number of allylic oxidation sites excluding steroid dienone is 2. The van der Waals surface area contributed by atoms with Crippen molar-refractivity contribution in [3.8, 4) is 0 Å². The molecule has 0 amide bonds. The lowest BCUT2D eigenvalue weighted by molar-refractivity contribution is 0.186. The van der Waals surface area contributed by atoms with E-state index < -0.39 is 0 Å². The first-order valence-corrected chi connectivity index (χ1v) is 13.4. The molecular weight excluding hydrogens is 348 g/mol. The minimum atomic E-state index is 0.672. The molecule has 4 unspecified atom stereocenters. The van der Waals surface area contributed by atoms with Gasteiger partial charge < -0.3 is 0 Å². The number of unbranched alkanes of at least 4 members (excludes halogenated alkanes) is 5. The minimum absolute atomic E-state index is 0.672. The van der Waals surface area contributed by atoms with Gasteiger partial charge in [-0.15, -0.1) is 6.58 Å². The maximum Gasteiger partial charge on any atom is -0.0202 e. The fourth-order valence-corrected chi connectivity index (χ4v) is 5.24. The first kappa shape index (κ1) is 28.5. The Labute approximate surface area is 186 Å². The first-order chi connectivity index (χ1) is 14.1. The summed E-state index contributed by atoms with van der Waals surface area (Å²) in [6.45, 7) is 20.6. The maximum atomic E-state index is 4.54. The summed E-state index contributed by atoms with van der Waals surface area (Å²) in [7, 11) is 0. The smallest absolute Gasteiger partial charge is 0.0202 e. The molecule has 0 heterocycles. The molecule has 0 saturated carbocycles. The molecular formula is C29H56. The van der Waals surface area contributed by atoms with Crippen LogP contribution < -0.4 is 0 Å². The Kier molecular flexibility index (Phi) is 19.1. The second-order valence-electron chi connectivity index (χ2n) is 9.67. The molecule has 29 heavy (non-hydrogen) atoms. The van der Waals surface area contributed by atoms with Crippen LogP contribution in [0.1, 0.15) is 137 Å². The van der Waals surface area contributed by atoms with Crippen molar-refractivity contribution in [3.63, 3.8) is 0 Å². The zero-order valence-corrected chi connectivity index (χ0v) is 21.1. The van der Waals surface area contributed by atoms with Crippen molar-refractivity contribution in [1.29, 1.82) is 0 Å². The van der Waals surface area contributed by atoms with Crippen molar-refractivity contribution < 1.29 is 0 Å². The highest BCUT2D eigenvalue weighted by atomic mass is 14.3. The van der Waals surface area contributed by atoms with Gasteiger partial charge in [-0.3, -0.25) is 0 Å². The molecule has 4 atom stereocenters. The van der Waals surface area contributed by atoms with E-state index in [2.05, 4.69) is 53.9 Å². The van der Waals surface area contributed by atoms with Gasteiger partial charge in [0.25, 0.3) is 0 Å². The van der Waals surface area contributed by atoms with Gasteiger partial charge in [0, 0.05) is 0 Å². The standard InChI is InChI=1S/C29H56/c1-8-14-16-18-22-27(13-6)29(23-25(7)21-17-15-9-2)28(20-11-4)24-26(12-5)19-10-3/h13,26-29H,6-12,14-24H2,1-5H3. The predicted molar refractivity (Wildman–Crippen MR) is 136 cm³/mol. The van der Waals surface area contributed by atoms with Crippen LogP contribution in [-0.4, -0.2) is 0 Å². The zero-order valence-electron chi connectivity index (χ0n) is 21.1. The summed E-state index contributed by atoms with van der Waals surface area (Å²) in [5.41, 5.74) is 1.51. The second-order valence-corrected chi connectivity index (χ2v) is 9.67. The van der Waals surface area contributed by atoms with Crippen molar-refractivity contribution >= 4 is 0 Å². The van der Waals surface area contributed by atoms with Gasteiger partial charge in [0.05, 0.1) is 0 Å². The van der Waals surface area contributed by atoms with Gasteiger partial charge in [0.15, 0.2) is 0 Å². The molecule has 0 aliphatic carbocycles. The van der Waals surface area contributed by atoms with Gasteiger partial charge in [-0.1, -0.05) is 123 Å². The Morgan fingerprint density at radius 1 is 0.759 bits per heavy atom. The second kappa shape index (κ2) is 19.4. The highest BCUT2D eigenvalue weighted by Gasteiger charge is 2.29. The van der Waals surface area contributed by atoms with Crippen molar-refractivity contribution in [2.45, 2.75) is 137 Å². The molecule has 0 aliphatic rings. The van der Waals surface area contributed by atoms with Crippen LogP contribution >= 0.6 is 0 Å². The van der Waals surface area contributed by atoms with Crippen LogP contribution in [0.2, 0.25) is 0 Å². The summed E-state index contributed by atoms with van der Waals surface area (Å²) in [6, 6.07) is 0. The lowest BCUT2D eigenvalue weighted by Crippen LogP contribution is -2.25. The van der Waals surface area contributed by atoms with Crippen LogP contribution in [0.4, 0.5) is 0 Å². The van der Waals surface area contributed by atoms with Crippen LogP contribution in [0, 0.1) is 23.7 Å². The monoisotopic (exact) mass is 404 g/mol. The molecule has 0 rings (SSSR count). The molecule has 0 N–H and O–H groups in total. The van der Waals surface area contributed by atoms with Gasteiger partial charge in [0.1, 0.15) is 0 Å². The number of rotatable bonds is 21. The zero-order chi connectivity index (χ0) is 21.9. The fraction of sp³-hybridized carbons (Fsp3) is 0.862. The Balaban J connectivity index is 5.31. The Bertz CT molecular complexity index is 379. The minimum Gasteiger partial charge on any atom is -0.103 e. The summed E-state index contributed by atoms with van der Waals surface area (Å²) in [4.78, 5) is 0. The Morgan fingerprint density at radius 3 is 1.97 bits per heavy atom. The molecule has 0 aliphatic heterocycles. The van der Waals surface area contributed by atoms with Gasteiger partial charge in [-0.2, -0.15) is 0 Å². The third kappa shape index (κ3) is 13.4. The van der Waals surface area contributed by atoms with Crippen LogP contribution in [0.3, 0.4) is 0 Å². The molecule has 0 nitrogen and oxygen atoms in total. The first-order valence-electron chi connectivity index (χ1n) is 13.4. The topological polar surface area (TPSA) is 0 Å². The molecule has 0 spiro atoms. The summed E-state index contributed by atoms with van der Waals surface area (Å²) in [5, 5.41) is 0. The lowest BCUT2D eigenvalue weighted by Gasteiger charge is -2.35. The molecule has 172 valence electrons. The third-order valence-corrected chi connectivity index (χ3v) is 7.08. The van der Waals surface area contributed by atoms with E-state index in [1.165, 1.54) is 108 Å². The number of hydrogen-bond acceptors (Lipinski definition) is 0. The van der Waals surface area contributed by atoms with E-state index in [1.54, 1.807) is 0 Å². The predicted octanol–water partition coefficient (Wildman–Crippen LogP) is 10.5. The Morgan fingerprint density at radius 2 is 1.41 bits per heavy atom. The van der Waals surface area contributed by atoms with Gasteiger partial charge >= 0.3 is 0 Å². The average molecular weight is 405 g/mol. The van der Waals surface area contributed by atoms with Gasteiger partial charge in [0.2, 0.25) is 0 Å². The van der Waals surface area contributed by atoms with Crippen molar-refractivity contribution in [1.82, 2.24) is 0 Å². The van der Waals surface area contributed by atoms with Crippen LogP contribution in [-0.2, 0) is 0 Å². The van der Waals surface area contributed by atoms with Crippen LogP contribution in [0.15, 0.2) is 24.8 Å². The SMILES string of the molecule is C=CC(CCCCCC)C(CC(=C)CCCCC)C(CCC)CC(CC)CCC. The van der Waals surface area contributed by atoms with Crippen LogP contribution in [0.5, 0.6) is 0 Å². The van der Waals surface area contributed by atoms with Crippen molar-refractivity contribution in [2.24, 2.45) is 23.7 Å². The lowest BCUT2D eigenvalue weighted by atomic mass is 9.70. The fourth-order valence-electron chi connectivity index (χ4n) is 5.24. The van der Waals surface area contributed by atoms with E-state index in [9.17, 15) is 0 Å². The summed E-state index contributed by atoms with van der Waals surface area (Å²) in [6.07, 6.45) is 23.7.